The van der Waals surface area contributed by atoms with Crippen molar-refractivity contribution in [1.82, 2.24) is 15.5 Å². The molecule has 0 unspecified atom stereocenters. The molecule has 2 aromatic rings. The summed E-state index contributed by atoms with van der Waals surface area (Å²) >= 11 is 7.74. The second-order valence-corrected chi connectivity index (χ2v) is 7.16. The monoisotopic (exact) mass is 506 g/mol. The van der Waals surface area contributed by atoms with Crippen molar-refractivity contribution in [3.63, 3.8) is 0 Å². The summed E-state index contributed by atoms with van der Waals surface area (Å²) in [5.41, 5.74) is 1.02. The lowest BCUT2D eigenvalue weighted by molar-refractivity contribution is -0.127. The van der Waals surface area contributed by atoms with E-state index in [0.717, 1.165) is 18.5 Å². The van der Waals surface area contributed by atoms with Crippen LogP contribution in [0.4, 0.5) is 0 Å². The quantitative estimate of drug-likeness (QED) is 0.344. The second-order valence-electron chi connectivity index (χ2n) is 5.69. The summed E-state index contributed by atoms with van der Waals surface area (Å²) in [7, 11) is 3.47. The van der Waals surface area contributed by atoms with Crippen LogP contribution in [-0.4, -0.2) is 44.0 Å². The number of rotatable bonds is 7. The summed E-state index contributed by atoms with van der Waals surface area (Å²) in [6, 6.07) is 11.8. The molecule has 8 heteroatoms. The first kappa shape index (κ1) is 22.7. The Labute approximate surface area is 180 Å². The fourth-order valence-electron chi connectivity index (χ4n) is 2.06. The summed E-state index contributed by atoms with van der Waals surface area (Å²) in [6.45, 7) is 1.44. The van der Waals surface area contributed by atoms with Crippen LogP contribution in [0.3, 0.4) is 0 Å². The van der Waals surface area contributed by atoms with E-state index in [1.807, 2.05) is 30.3 Å². The van der Waals surface area contributed by atoms with E-state index < -0.39 is 0 Å². The Kier molecular flexibility index (Phi) is 10.6. The van der Waals surface area contributed by atoms with Crippen molar-refractivity contribution in [2.75, 3.05) is 27.2 Å². The number of nitrogens with one attached hydrogen (secondary N) is 2. The van der Waals surface area contributed by atoms with Gasteiger partial charge in [-0.05, 0) is 35.6 Å². The van der Waals surface area contributed by atoms with Crippen LogP contribution in [0.15, 0.2) is 46.8 Å². The maximum atomic E-state index is 11.8. The van der Waals surface area contributed by atoms with Crippen LogP contribution in [0.25, 0.3) is 0 Å². The van der Waals surface area contributed by atoms with Crippen molar-refractivity contribution in [1.29, 1.82) is 0 Å². The first-order chi connectivity index (χ1) is 12.0. The lowest BCUT2D eigenvalue weighted by Gasteiger charge is -2.15. The van der Waals surface area contributed by atoms with Gasteiger partial charge in [-0.15, -0.1) is 35.3 Å². The molecular weight excluding hydrogens is 483 g/mol. The van der Waals surface area contributed by atoms with Gasteiger partial charge in [-0.1, -0.05) is 29.8 Å². The average molecular weight is 507 g/mol. The van der Waals surface area contributed by atoms with Gasteiger partial charge in [-0.25, -0.2) is 4.99 Å². The van der Waals surface area contributed by atoms with E-state index in [-0.39, 0.29) is 36.4 Å². The molecule has 0 aliphatic heterocycles. The van der Waals surface area contributed by atoms with Crippen LogP contribution in [0.2, 0.25) is 5.02 Å². The lowest BCUT2D eigenvalue weighted by atomic mass is 10.2. The topological polar surface area (TPSA) is 56.7 Å². The molecule has 0 radical (unpaired) electrons. The Morgan fingerprint density at radius 2 is 2.04 bits per heavy atom. The van der Waals surface area contributed by atoms with E-state index in [0.29, 0.717) is 17.5 Å². The Morgan fingerprint density at radius 3 is 2.69 bits per heavy atom. The standard InChI is InChI=1S/C18H23ClN4OS.HI/c1-23(2)17(24)13-22-18(20-9-8-16-7-4-10-25-16)21-12-14-5-3-6-15(19)11-14;/h3-7,10-11H,8-9,12-13H2,1-2H3,(H2,20,21,22);1H. The molecule has 0 saturated carbocycles. The molecule has 0 atom stereocenters. The number of halogens is 2. The van der Waals surface area contributed by atoms with Gasteiger partial charge in [0.05, 0.1) is 13.1 Å². The van der Waals surface area contributed by atoms with Crippen LogP contribution in [0.5, 0.6) is 0 Å². The van der Waals surface area contributed by atoms with E-state index in [2.05, 4.69) is 27.1 Å². The molecule has 0 aliphatic carbocycles. The van der Waals surface area contributed by atoms with Crippen LogP contribution >= 0.6 is 46.9 Å². The summed E-state index contributed by atoms with van der Waals surface area (Å²) < 4.78 is 0. The Morgan fingerprint density at radius 1 is 1.23 bits per heavy atom. The van der Waals surface area contributed by atoms with Gasteiger partial charge >= 0.3 is 0 Å². The maximum absolute atomic E-state index is 11.8. The highest BCUT2D eigenvalue weighted by molar-refractivity contribution is 14.0. The highest BCUT2D eigenvalue weighted by Crippen LogP contribution is 2.11. The molecular formula is C18H24ClIN4OS. The fourth-order valence-corrected chi connectivity index (χ4v) is 2.98. The number of thiophene rings is 1. The first-order valence-electron chi connectivity index (χ1n) is 8.04. The van der Waals surface area contributed by atoms with E-state index in [9.17, 15) is 4.79 Å². The van der Waals surface area contributed by atoms with Crippen LogP contribution in [-0.2, 0) is 17.8 Å². The molecule has 0 spiro atoms. The molecule has 1 aromatic carbocycles. The number of amides is 1. The van der Waals surface area contributed by atoms with Gasteiger partial charge in [0, 0.05) is 30.5 Å². The highest BCUT2D eigenvalue weighted by atomic mass is 127. The minimum atomic E-state index is -0.00416. The molecule has 0 saturated heterocycles. The molecule has 5 nitrogen and oxygen atoms in total. The third-order valence-corrected chi connectivity index (χ3v) is 4.63. The zero-order valence-corrected chi connectivity index (χ0v) is 18.8. The number of guanidine groups is 1. The molecule has 2 N–H and O–H groups in total. The molecule has 142 valence electrons. The molecule has 0 bridgehead atoms. The normalized spacial score (nSPS) is 10.8. The van der Waals surface area contributed by atoms with Crippen molar-refractivity contribution in [2.24, 2.45) is 4.99 Å². The largest absolute Gasteiger partial charge is 0.356 e. The zero-order chi connectivity index (χ0) is 18.1. The molecule has 1 heterocycles. The minimum absolute atomic E-state index is 0. The van der Waals surface area contributed by atoms with Gasteiger partial charge in [0.15, 0.2) is 5.96 Å². The van der Waals surface area contributed by atoms with Crippen molar-refractivity contribution in [3.05, 3.63) is 57.2 Å². The molecule has 26 heavy (non-hydrogen) atoms. The summed E-state index contributed by atoms with van der Waals surface area (Å²) in [4.78, 5) is 19.2. The number of carbonyl (C=O) groups excluding carboxylic acids is 1. The van der Waals surface area contributed by atoms with Gasteiger partial charge < -0.3 is 15.5 Å². The van der Waals surface area contributed by atoms with Crippen molar-refractivity contribution in [3.8, 4) is 0 Å². The molecule has 0 aliphatic rings. The average Bonchev–Trinajstić information content (AvgIpc) is 3.09. The third kappa shape index (κ3) is 8.37. The van der Waals surface area contributed by atoms with Crippen LogP contribution in [0.1, 0.15) is 10.4 Å². The predicted octanol–water partition coefficient (Wildman–Crippen LogP) is 3.39. The minimum Gasteiger partial charge on any atom is -0.356 e. The van der Waals surface area contributed by atoms with Gasteiger partial charge in [-0.3, -0.25) is 4.79 Å². The Hall–Kier alpha value is -1.32. The number of hydrogen-bond donors (Lipinski definition) is 2. The van der Waals surface area contributed by atoms with Gasteiger partial charge in [0.2, 0.25) is 5.91 Å². The van der Waals surface area contributed by atoms with Crippen molar-refractivity contribution in [2.45, 2.75) is 13.0 Å². The van der Waals surface area contributed by atoms with Crippen molar-refractivity contribution < 1.29 is 4.79 Å². The number of benzene rings is 1. The van der Waals surface area contributed by atoms with Gasteiger partial charge in [-0.2, -0.15) is 0 Å². The van der Waals surface area contributed by atoms with E-state index in [1.165, 1.54) is 4.88 Å². The number of hydrogen-bond acceptors (Lipinski definition) is 3. The number of nitrogens with zero attached hydrogens (tertiary/aromatic N) is 2. The number of likely N-dealkylation sites (N-methyl/N-ethyl adjacent to an activating group) is 1. The molecule has 2 rings (SSSR count). The van der Waals surface area contributed by atoms with Crippen LogP contribution in [0, 0.1) is 0 Å². The third-order valence-electron chi connectivity index (χ3n) is 3.46. The van der Waals surface area contributed by atoms with Crippen molar-refractivity contribution >= 4 is 58.8 Å². The van der Waals surface area contributed by atoms with E-state index in [1.54, 1.807) is 30.3 Å². The SMILES string of the molecule is CN(C)C(=O)CNC(=NCc1cccc(Cl)c1)NCCc1cccs1.I. The molecule has 0 fully saturated rings. The predicted molar refractivity (Wildman–Crippen MR) is 121 cm³/mol. The molecule has 1 amide bonds. The highest BCUT2D eigenvalue weighted by Gasteiger charge is 2.06. The second kappa shape index (κ2) is 12.1. The maximum Gasteiger partial charge on any atom is 0.241 e. The van der Waals surface area contributed by atoms with E-state index in [4.69, 9.17) is 11.6 Å². The fraction of sp³-hybridized carbons (Fsp3) is 0.333. The summed E-state index contributed by atoms with van der Waals surface area (Å²) in [5.74, 6) is 0.613. The smallest absolute Gasteiger partial charge is 0.241 e. The number of carbonyl (C=O) groups is 1. The lowest BCUT2D eigenvalue weighted by Crippen LogP contribution is -2.43. The summed E-state index contributed by atoms with van der Waals surface area (Å²) in [6.07, 6.45) is 0.914. The molecule has 1 aromatic heterocycles. The number of aliphatic imine (C=N–C) groups is 1. The van der Waals surface area contributed by atoms with E-state index >= 15 is 0 Å². The zero-order valence-electron chi connectivity index (χ0n) is 14.9. The van der Waals surface area contributed by atoms with Gasteiger partial charge in [0.25, 0.3) is 0 Å². The Balaban J connectivity index is 0.00000338. The first-order valence-corrected chi connectivity index (χ1v) is 9.29. The van der Waals surface area contributed by atoms with Crippen LogP contribution < -0.4 is 10.6 Å². The Bertz CT molecular complexity index is 707. The van der Waals surface area contributed by atoms with Gasteiger partial charge in [0.1, 0.15) is 0 Å². The summed E-state index contributed by atoms with van der Waals surface area (Å²) in [5, 5.41) is 9.12.